The normalized spacial score (nSPS) is 14.1. The molecule has 0 aromatic heterocycles. The van der Waals surface area contributed by atoms with Gasteiger partial charge in [-0.2, -0.15) is 0 Å². The van der Waals surface area contributed by atoms with Gasteiger partial charge in [0.25, 0.3) is 0 Å². The van der Waals surface area contributed by atoms with E-state index in [0.29, 0.717) is 19.3 Å². The van der Waals surface area contributed by atoms with Crippen LogP contribution < -0.4 is 0 Å². The van der Waals surface area contributed by atoms with E-state index in [4.69, 9.17) is 19.1 Å². The molecule has 0 saturated heterocycles. The summed E-state index contributed by atoms with van der Waals surface area (Å²) in [4.78, 5) is 35.0. The molecule has 0 aliphatic carbocycles. The number of carbonyl (C=O) groups is 2. The van der Waals surface area contributed by atoms with E-state index in [9.17, 15) is 24.2 Å². The molecule has 0 heterocycles. The number of rotatable bonds is 44. The van der Waals surface area contributed by atoms with Gasteiger partial charge in [0.05, 0.1) is 19.8 Å². The summed E-state index contributed by atoms with van der Waals surface area (Å²) < 4.78 is 32.7. The summed E-state index contributed by atoms with van der Waals surface area (Å²) in [6.45, 7) is 3.84. The Bertz CT molecular complexity index is 1150. The molecule has 0 spiro atoms. The quantitative estimate of drug-likeness (QED) is 0.0234. The molecule has 0 aliphatic heterocycles. The second kappa shape index (κ2) is 43.7. The van der Waals surface area contributed by atoms with Crippen LogP contribution in [-0.4, -0.2) is 65.7 Å². The maximum absolute atomic E-state index is 12.6. The van der Waals surface area contributed by atoms with Crippen molar-refractivity contribution in [3.05, 3.63) is 61.3 Å². The molecular formula is C48H85O10P. The zero-order chi connectivity index (χ0) is 43.3. The third kappa shape index (κ3) is 43.6. The minimum absolute atomic E-state index is 0.106. The maximum atomic E-state index is 12.6. The van der Waals surface area contributed by atoms with Crippen LogP contribution in [0.3, 0.4) is 0 Å². The maximum Gasteiger partial charge on any atom is 0.472 e. The number of aliphatic hydroxyl groups is 2. The van der Waals surface area contributed by atoms with Gasteiger partial charge in [-0.25, -0.2) is 4.57 Å². The first-order chi connectivity index (χ1) is 28.7. The molecule has 0 radical (unpaired) electrons. The van der Waals surface area contributed by atoms with Crippen molar-refractivity contribution >= 4 is 19.8 Å². The molecule has 342 valence electrons. The van der Waals surface area contributed by atoms with Gasteiger partial charge in [0.1, 0.15) is 12.7 Å². The Labute approximate surface area is 359 Å². The number of esters is 2. The minimum Gasteiger partial charge on any atom is -0.462 e. The number of aliphatic hydroxyl groups excluding tert-OH is 2. The molecule has 0 saturated carbocycles. The van der Waals surface area contributed by atoms with E-state index in [1.165, 1.54) is 109 Å². The number of unbranched alkanes of at least 4 members (excludes halogenated alkanes) is 21. The zero-order valence-corrected chi connectivity index (χ0v) is 37.9. The SMILES string of the molecule is C=CCCCCCCCCCCCCCCCC(=O)OC[C@H](COP(=O)(O)OC[C@@H](O)CO)OC(=O)CCC/C=C/C/C=C/C/C=C/C/C=C/CCCCCCCCC. The molecule has 0 bridgehead atoms. The molecule has 0 aromatic carbocycles. The first-order valence-corrected chi connectivity index (χ1v) is 24.7. The van der Waals surface area contributed by atoms with Crippen LogP contribution in [-0.2, 0) is 32.7 Å². The van der Waals surface area contributed by atoms with Gasteiger partial charge in [0.15, 0.2) is 6.10 Å². The highest BCUT2D eigenvalue weighted by Gasteiger charge is 2.27. The fraction of sp³-hybridized carbons (Fsp3) is 0.750. The van der Waals surface area contributed by atoms with Crippen molar-refractivity contribution in [1.29, 1.82) is 0 Å². The van der Waals surface area contributed by atoms with Gasteiger partial charge >= 0.3 is 19.8 Å². The summed E-state index contributed by atoms with van der Waals surface area (Å²) in [7, 11) is -4.64. The Morgan fingerprint density at radius 1 is 0.559 bits per heavy atom. The van der Waals surface area contributed by atoms with Gasteiger partial charge in [-0.05, 0) is 64.2 Å². The molecule has 1 unspecified atom stereocenters. The van der Waals surface area contributed by atoms with Crippen molar-refractivity contribution in [3.63, 3.8) is 0 Å². The van der Waals surface area contributed by atoms with Crippen molar-refractivity contribution in [2.45, 2.75) is 205 Å². The number of allylic oxidation sites excluding steroid dienone is 9. The Balaban J connectivity index is 4.34. The molecule has 3 atom stereocenters. The highest BCUT2D eigenvalue weighted by Crippen LogP contribution is 2.43. The van der Waals surface area contributed by atoms with E-state index >= 15 is 0 Å². The van der Waals surface area contributed by atoms with Crippen LogP contribution in [0.5, 0.6) is 0 Å². The van der Waals surface area contributed by atoms with E-state index in [1.807, 2.05) is 12.2 Å². The van der Waals surface area contributed by atoms with Gasteiger partial charge < -0.3 is 24.6 Å². The Hall–Kier alpha value is -2.33. The zero-order valence-electron chi connectivity index (χ0n) is 37.0. The molecule has 0 aliphatic rings. The molecule has 59 heavy (non-hydrogen) atoms. The van der Waals surface area contributed by atoms with Crippen molar-refractivity contribution < 1.29 is 47.8 Å². The Morgan fingerprint density at radius 2 is 0.983 bits per heavy atom. The van der Waals surface area contributed by atoms with Crippen LogP contribution in [0, 0.1) is 0 Å². The lowest BCUT2D eigenvalue weighted by Crippen LogP contribution is -2.29. The molecule has 10 nitrogen and oxygen atoms in total. The third-order valence-corrected chi connectivity index (χ3v) is 10.7. The lowest BCUT2D eigenvalue weighted by molar-refractivity contribution is -0.161. The van der Waals surface area contributed by atoms with Crippen LogP contribution in [0.4, 0.5) is 0 Å². The monoisotopic (exact) mass is 853 g/mol. The first kappa shape index (κ1) is 56.7. The van der Waals surface area contributed by atoms with Crippen LogP contribution >= 0.6 is 7.82 Å². The third-order valence-electron chi connectivity index (χ3n) is 9.79. The highest BCUT2D eigenvalue weighted by atomic mass is 31.2. The van der Waals surface area contributed by atoms with Crippen molar-refractivity contribution in [1.82, 2.24) is 0 Å². The fourth-order valence-corrected chi connectivity index (χ4v) is 6.99. The lowest BCUT2D eigenvalue weighted by Gasteiger charge is -2.20. The summed E-state index contributed by atoms with van der Waals surface area (Å²) >= 11 is 0. The Morgan fingerprint density at radius 3 is 1.49 bits per heavy atom. The van der Waals surface area contributed by atoms with E-state index < -0.39 is 51.8 Å². The van der Waals surface area contributed by atoms with Gasteiger partial charge in [0.2, 0.25) is 0 Å². The van der Waals surface area contributed by atoms with E-state index in [-0.39, 0.29) is 19.4 Å². The smallest absolute Gasteiger partial charge is 0.462 e. The van der Waals surface area contributed by atoms with Crippen LogP contribution in [0.2, 0.25) is 0 Å². The summed E-state index contributed by atoms with van der Waals surface area (Å²) in [5.41, 5.74) is 0. The standard InChI is InChI=1S/C48H85O10P/c1-3-5-7-9-11-13-15-17-19-20-21-22-23-24-26-28-30-32-34-36-38-40-48(52)58-46(44-57-59(53,54)56-42-45(50)41-49)43-55-47(51)39-37-35-33-31-29-27-25-18-16-14-12-10-8-6-4-2/h4,19-20,22-23,26,28,32,34,45-46,49-50H,2-3,5-18,21,24-25,27,29-31,33,35-44H2,1H3,(H,53,54)/b20-19+,23-22+,28-26+,34-32+/t45-,46+/m0/s1. The average molecular weight is 853 g/mol. The number of hydrogen-bond donors (Lipinski definition) is 3. The molecule has 0 rings (SSSR count). The average Bonchev–Trinajstić information content (AvgIpc) is 3.22. The number of carbonyl (C=O) groups excluding carboxylic acids is 2. The molecule has 0 aromatic rings. The summed E-state index contributed by atoms with van der Waals surface area (Å²) in [6.07, 6.45) is 48.0. The molecule has 0 fully saturated rings. The van der Waals surface area contributed by atoms with Gasteiger partial charge in [-0.1, -0.05) is 171 Å². The van der Waals surface area contributed by atoms with E-state index in [1.54, 1.807) is 0 Å². The Kier molecular flexibility index (Phi) is 42.0. The number of ether oxygens (including phenoxy) is 2. The first-order valence-electron chi connectivity index (χ1n) is 23.2. The van der Waals surface area contributed by atoms with Crippen molar-refractivity contribution in [2.24, 2.45) is 0 Å². The predicted molar refractivity (Wildman–Crippen MR) is 242 cm³/mol. The van der Waals surface area contributed by atoms with E-state index in [2.05, 4.69) is 60.6 Å². The largest absolute Gasteiger partial charge is 0.472 e. The predicted octanol–water partition coefficient (Wildman–Crippen LogP) is 12.7. The summed E-state index contributed by atoms with van der Waals surface area (Å²) in [6, 6.07) is 0. The fourth-order valence-electron chi connectivity index (χ4n) is 6.20. The summed E-state index contributed by atoms with van der Waals surface area (Å²) in [5, 5.41) is 18.3. The van der Waals surface area contributed by atoms with Crippen molar-refractivity contribution in [2.75, 3.05) is 26.4 Å². The van der Waals surface area contributed by atoms with Crippen molar-refractivity contribution in [3.8, 4) is 0 Å². The molecule has 11 heteroatoms. The van der Waals surface area contributed by atoms with Crippen LogP contribution in [0.15, 0.2) is 61.3 Å². The second-order valence-electron chi connectivity index (χ2n) is 15.5. The number of phosphoric ester groups is 1. The second-order valence-corrected chi connectivity index (χ2v) is 17.0. The highest BCUT2D eigenvalue weighted by molar-refractivity contribution is 7.47. The number of hydrogen-bond acceptors (Lipinski definition) is 9. The minimum atomic E-state index is -4.64. The van der Waals surface area contributed by atoms with Crippen LogP contribution in [0.1, 0.15) is 193 Å². The van der Waals surface area contributed by atoms with Crippen LogP contribution in [0.25, 0.3) is 0 Å². The summed E-state index contributed by atoms with van der Waals surface area (Å²) in [5.74, 6) is -0.993. The van der Waals surface area contributed by atoms with Gasteiger partial charge in [-0.15, -0.1) is 6.58 Å². The molecule has 3 N–H and O–H groups in total. The van der Waals surface area contributed by atoms with Gasteiger partial charge in [-0.3, -0.25) is 18.6 Å². The number of phosphoric acid groups is 1. The topological polar surface area (TPSA) is 149 Å². The molecule has 0 amide bonds. The van der Waals surface area contributed by atoms with Gasteiger partial charge in [0, 0.05) is 12.8 Å². The molecular weight excluding hydrogens is 767 g/mol. The lowest BCUT2D eigenvalue weighted by atomic mass is 10.0. The van der Waals surface area contributed by atoms with E-state index in [0.717, 1.165) is 44.9 Å².